The maximum absolute atomic E-state index is 12.2. The topological polar surface area (TPSA) is 89.1 Å². The van der Waals surface area contributed by atoms with E-state index in [-0.39, 0.29) is 42.5 Å². The van der Waals surface area contributed by atoms with Gasteiger partial charge in [-0.25, -0.2) is 9.97 Å². The van der Waals surface area contributed by atoms with Gasteiger partial charge in [0.2, 0.25) is 5.71 Å². The molecule has 0 saturated heterocycles. The summed E-state index contributed by atoms with van der Waals surface area (Å²) in [6.07, 6.45) is 9.95. The number of fused-ring (bicyclic) bond motifs is 6. The van der Waals surface area contributed by atoms with E-state index in [0.717, 1.165) is 81.3 Å². The number of rotatable bonds is 10. The van der Waals surface area contributed by atoms with Gasteiger partial charge in [0.05, 0.1) is 16.8 Å². The molecule has 3 aromatic heterocycles. The number of benzene rings is 4. The van der Waals surface area contributed by atoms with Crippen molar-refractivity contribution < 1.29 is 34.4 Å². The number of allylic oxidation sites excluding steroid dienone is 2. The summed E-state index contributed by atoms with van der Waals surface area (Å²) in [6, 6.07) is 24.9. The third-order valence-electron chi connectivity index (χ3n) is 14.2. The Balaban J connectivity index is 0.000000296. The second-order valence-corrected chi connectivity index (χ2v) is 17.8. The molecule has 1 saturated carbocycles. The molecule has 0 aliphatic heterocycles. The Hall–Kier alpha value is -4.71. The summed E-state index contributed by atoms with van der Waals surface area (Å²) in [5.41, 5.74) is 12.3. The van der Waals surface area contributed by atoms with Crippen LogP contribution in [0.15, 0.2) is 76.9 Å². The molecule has 321 valence electrons. The number of nitrogens with zero attached hydrogens (tertiary/aromatic N) is 3. The zero-order chi connectivity index (χ0) is 43.1. The molecule has 0 atom stereocenters. The fourth-order valence-corrected chi connectivity index (χ4v) is 9.45. The van der Waals surface area contributed by atoms with Crippen LogP contribution in [0.1, 0.15) is 132 Å². The normalized spacial score (nSPS) is 13.9. The predicted molar refractivity (Wildman–Crippen MR) is 250 cm³/mol. The van der Waals surface area contributed by atoms with Crippen LogP contribution in [-0.2, 0) is 24.9 Å². The van der Waals surface area contributed by atoms with Crippen molar-refractivity contribution in [3.05, 3.63) is 112 Å². The molecular formula is C54H62IrN3O3-. The van der Waals surface area contributed by atoms with Crippen LogP contribution in [0.2, 0.25) is 0 Å². The van der Waals surface area contributed by atoms with Crippen molar-refractivity contribution in [3.8, 4) is 22.5 Å². The second kappa shape index (κ2) is 18.3. The molecule has 1 fully saturated rings. The third-order valence-corrected chi connectivity index (χ3v) is 14.2. The number of hydrogen-bond donors (Lipinski definition) is 1. The molecule has 7 aromatic rings. The molecule has 61 heavy (non-hydrogen) atoms. The SMILES string of the molecule is CCC(C)(CC)C(=O)/C=C(\O)C(C)(CC)CC.Cc1nc(-c2[c-]ccc3c2oc2nc(-c4c(C)cccc4C)ccc23)c2ccc3cc(C)c(C4CCCC4)c(C)c3c2n1.[Ir]. The Labute approximate surface area is 376 Å². The minimum atomic E-state index is -0.337. The first-order chi connectivity index (χ1) is 28.7. The van der Waals surface area contributed by atoms with Crippen LogP contribution in [0.4, 0.5) is 0 Å². The van der Waals surface area contributed by atoms with Crippen molar-refractivity contribution >= 4 is 49.5 Å². The first-order valence-electron chi connectivity index (χ1n) is 22.2. The number of aryl methyl sites for hydroxylation is 5. The molecule has 4 aromatic carbocycles. The Morgan fingerprint density at radius 2 is 1.44 bits per heavy atom. The molecule has 1 aliphatic carbocycles. The van der Waals surface area contributed by atoms with Gasteiger partial charge in [-0.3, -0.25) is 9.78 Å². The van der Waals surface area contributed by atoms with Crippen LogP contribution in [0.3, 0.4) is 0 Å². The fourth-order valence-electron chi connectivity index (χ4n) is 9.45. The minimum Gasteiger partial charge on any atom is -0.512 e. The van der Waals surface area contributed by atoms with E-state index in [1.807, 2.05) is 54.5 Å². The van der Waals surface area contributed by atoms with Crippen molar-refractivity contribution in [3.63, 3.8) is 0 Å². The van der Waals surface area contributed by atoms with E-state index in [4.69, 9.17) is 19.4 Å². The van der Waals surface area contributed by atoms with Gasteiger partial charge in [-0.2, -0.15) is 0 Å². The summed E-state index contributed by atoms with van der Waals surface area (Å²) in [6.45, 7) is 22.9. The predicted octanol–water partition coefficient (Wildman–Crippen LogP) is 15.1. The van der Waals surface area contributed by atoms with E-state index >= 15 is 0 Å². The summed E-state index contributed by atoms with van der Waals surface area (Å²) in [4.78, 5) is 27.3. The van der Waals surface area contributed by atoms with Gasteiger partial charge in [0.15, 0.2) is 5.78 Å². The van der Waals surface area contributed by atoms with Crippen LogP contribution in [0.5, 0.6) is 0 Å². The first-order valence-corrected chi connectivity index (χ1v) is 22.2. The summed E-state index contributed by atoms with van der Waals surface area (Å²) < 4.78 is 6.58. The van der Waals surface area contributed by atoms with Gasteiger partial charge in [-0.15, -0.1) is 18.2 Å². The second-order valence-electron chi connectivity index (χ2n) is 17.8. The van der Waals surface area contributed by atoms with Crippen LogP contribution < -0.4 is 0 Å². The Morgan fingerprint density at radius 1 is 0.803 bits per heavy atom. The number of aliphatic hydroxyl groups excluding tert-OH is 1. The number of carbonyl (C=O) groups is 1. The van der Waals surface area contributed by atoms with Crippen molar-refractivity contribution in [2.24, 2.45) is 10.8 Å². The van der Waals surface area contributed by atoms with Gasteiger partial charge in [-0.1, -0.05) is 102 Å². The summed E-state index contributed by atoms with van der Waals surface area (Å²) in [7, 11) is 0. The van der Waals surface area contributed by atoms with Crippen molar-refractivity contribution in [2.75, 3.05) is 0 Å². The summed E-state index contributed by atoms with van der Waals surface area (Å²) in [5.74, 6) is 1.67. The quantitative estimate of drug-likeness (QED) is 0.0636. The smallest absolute Gasteiger partial charge is 0.216 e. The average molecular weight is 993 g/mol. The Kier molecular flexibility index (Phi) is 13.8. The van der Waals surface area contributed by atoms with Crippen molar-refractivity contribution in [1.29, 1.82) is 0 Å². The molecular weight excluding hydrogens is 931 g/mol. The Morgan fingerprint density at radius 3 is 2.08 bits per heavy atom. The Bertz CT molecular complexity index is 2760. The molecule has 3 heterocycles. The molecule has 1 radical (unpaired) electrons. The van der Waals surface area contributed by atoms with Gasteiger partial charge in [0, 0.05) is 59.0 Å². The van der Waals surface area contributed by atoms with Gasteiger partial charge in [0.25, 0.3) is 0 Å². The molecule has 0 bridgehead atoms. The van der Waals surface area contributed by atoms with Gasteiger partial charge in [-0.05, 0) is 130 Å². The molecule has 1 aliphatic rings. The first kappa shape index (κ1) is 45.8. The van der Waals surface area contributed by atoms with Crippen molar-refractivity contribution in [2.45, 2.75) is 133 Å². The molecule has 6 nitrogen and oxygen atoms in total. The van der Waals surface area contributed by atoms with Crippen LogP contribution in [0, 0.1) is 51.5 Å². The van der Waals surface area contributed by atoms with Gasteiger partial charge < -0.3 is 9.52 Å². The maximum atomic E-state index is 12.2. The number of hydrogen-bond acceptors (Lipinski definition) is 6. The molecule has 0 unspecified atom stereocenters. The average Bonchev–Trinajstić information content (AvgIpc) is 3.91. The number of furan rings is 1. The minimum absolute atomic E-state index is 0. The summed E-state index contributed by atoms with van der Waals surface area (Å²) in [5, 5.41) is 15.7. The van der Waals surface area contributed by atoms with E-state index in [9.17, 15) is 9.90 Å². The van der Waals surface area contributed by atoms with E-state index in [2.05, 4.69) is 88.4 Å². The molecule has 8 rings (SSSR count). The van der Waals surface area contributed by atoms with E-state index in [1.54, 1.807) is 0 Å². The third kappa shape index (κ3) is 8.45. The fraction of sp³-hybridized carbons (Fsp3) is 0.407. The van der Waals surface area contributed by atoms with Gasteiger partial charge in [0.1, 0.15) is 11.6 Å². The van der Waals surface area contributed by atoms with Gasteiger partial charge >= 0.3 is 0 Å². The van der Waals surface area contributed by atoms with Crippen LogP contribution in [0.25, 0.3) is 66.3 Å². The van der Waals surface area contributed by atoms with Crippen molar-refractivity contribution in [1.82, 2.24) is 15.0 Å². The van der Waals surface area contributed by atoms with E-state index in [0.29, 0.717) is 11.6 Å². The van der Waals surface area contributed by atoms with Crippen LogP contribution in [-0.4, -0.2) is 25.8 Å². The van der Waals surface area contributed by atoms with E-state index < -0.39 is 0 Å². The number of pyridine rings is 1. The number of aliphatic hydroxyl groups is 1. The molecule has 0 amide bonds. The largest absolute Gasteiger partial charge is 0.512 e. The monoisotopic (exact) mass is 993 g/mol. The molecule has 7 heteroatoms. The molecule has 1 N–H and O–H groups in total. The maximum Gasteiger partial charge on any atom is 0.216 e. The van der Waals surface area contributed by atoms with Crippen LogP contribution >= 0.6 is 0 Å². The molecule has 0 spiro atoms. The zero-order valence-corrected chi connectivity index (χ0v) is 40.4. The number of aromatic nitrogens is 3. The number of carbonyl (C=O) groups excluding carboxylic acids is 1. The summed E-state index contributed by atoms with van der Waals surface area (Å²) >= 11 is 0. The number of ketones is 1. The zero-order valence-electron chi connectivity index (χ0n) is 38.0. The standard InChI is InChI=1S/C39H34N3O.C15H28O2.Ir/c1-21-10-8-11-22(2)33(21)32-19-18-29-28-14-9-15-31(38(28)43-39(29)42-32)36-30-17-16-27-20-23(3)34(26-12-6-7-13-26)24(4)35(27)37(30)41-25(5)40-36;1-7-14(5,8-2)12(16)11-13(17)15(6,9-3)10-4;/h8-11,14,16-20,26H,6-7,12-13H2,1-5H3;11,16H,7-10H2,1-6H3;/q-1;;/b;12-11-;. The van der Waals surface area contributed by atoms with E-state index in [1.165, 1.54) is 70.3 Å².